The molecule has 7 heteroatoms. The lowest BCUT2D eigenvalue weighted by Crippen LogP contribution is -2.09. The van der Waals surface area contributed by atoms with E-state index in [9.17, 15) is 18.0 Å². The number of anilines is 2. The van der Waals surface area contributed by atoms with Crippen molar-refractivity contribution in [2.75, 3.05) is 5.32 Å². The third-order valence-electron chi connectivity index (χ3n) is 2.81. The molecular weight excluding hydrogens is 285 g/mol. The number of nitrogens with one attached hydrogen (secondary N) is 1. The van der Waals surface area contributed by atoms with Crippen LogP contribution in [0.4, 0.5) is 24.7 Å². The lowest BCUT2D eigenvalue weighted by Gasteiger charge is -2.14. The molecule has 0 spiro atoms. The number of aromatic carboxylic acids is 1. The third-order valence-corrected chi connectivity index (χ3v) is 2.81. The predicted octanol–water partition coefficient (Wildman–Crippen LogP) is 3.85. The number of carboxylic acids is 1. The van der Waals surface area contributed by atoms with Crippen molar-refractivity contribution in [3.05, 3.63) is 53.2 Å². The number of rotatable bonds is 3. The monoisotopic (exact) mass is 296 g/mol. The number of carboxylic acid groups (broad SMARTS) is 1. The SMILES string of the molecule is Cc1nc(Nc2ccccc2C(F)(F)F)ccc1C(=O)O. The van der Waals surface area contributed by atoms with Gasteiger partial charge >= 0.3 is 12.1 Å². The summed E-state index contributed by atoms with van der Waals surface area (Å²) in [5.74, 6) is -0.989. The first-order valence-electron chi connectivity index (χ1n) is 5.93. The zero-order chi connectivity index (χ0) is 15.6. The molecule has 4 nitrogen and oxygen atoms in total. The quantitative estimate of drug-likeness (QED) is 0.903. The summed E-state index contributed by atoms with van der Waals surface area (Å²) in [6.45, 7) is 1.48. The van der Waals surface area contributed by atoms with Crippen LogP contribution in [0.1, 0.15) is 21.6 Å². The molecule has 21 heavy (non-hydrogen) atoms. The van der Waals surface area contributed by atoms with Gasteiger partial charge in [0.05, 0.1) is 22.5 Å². The minimum Gasteiger partial charge on any atom is -0.478 e. The first-order chi connectivity index (χ1) is 9.79. The highest BCUT2D eigenvalue weighted by molar-refractivity contribution is 5.89. The van der Waals surface area contributed by atoms with Gasteiger partial charge in [0.1, 0.15) is 5.82 Å². The second-order valence-electron chi connectivity index (χ2n) is 4.30. The van der Waals surface area contributed by atoms with E-state index in [2.05, 4.69) is 10.3 Å². The lowest BCUT2D eigenvalue weighted by atomic mass is 10.1. The Hall–Kier alpha value is -2.57. The molecule has 0 radical (unpaired) electrons. The Bertz CT molecular complexity index is 684. The van der Waals surface area contributed by atoms with E-state index in [1.165, 1.54) is 37.3 Å². The number of para-hydroxylation sites is 1. The summed E-state index contributed by atoms with van der Waals surface area (Å²) in [5.41, 5.74) is -0.728. The van der Waals surface area contributed by atoms with Gasteiger partial charge in [-0.15, -0.1) is 0 Å². The minimum absolute atomic E-state index is 0.00431. The minimum atomic E-state index is -4.49. The van der Waals surface area contributed by atoms with E-state index in [-0.39, 0.29) is 22.8 Å². The van der Waals surface area contributed by atoms with Crippen LogP contribution in [0, 0.1) is 6.92 Å². The summed E-state index contributed by atoms with van der Waals surface area (Å²) < 4.78 is 38.6. The fourth-order valence-corrected chi connectivity index (χ4v) is 1.83. The molecule has 0 aliphatic rings. The summed E-state index contributed by atoms with van der Waals surface area (Å²) in [4.78, 5) is 14.8. The second-order valence-corrected chi connectivity index (χ2v) is 4.30. The molecule has 0 aliphatic heterocycles. The zero-order valence-corrected chi connectivity index (χ0v) is 10.9. The summed E-state index contributed by atoms with van der Waals surface area (Å²) in [6, 6.07) is 7.62. The Morgan fingerprint density at radius 3 is 2.43 bits per heavy atom. The van der Waals surface area contributed by atoms with Gasteiger partial charge in [0.15, 0.2) is 0 Å². The molecular formula is C14H11F3N2O2. The number of hydrogen-bond acceptors (Lipinski definition) is 3. The summed E-state index contributed by atoms with van der Waals surface area (Å²) in [7, 11) is 0. The number of halogens is 3. The van der Waals surface area contributed by atoms with Gasteiger partial charge in [-0.25, -0.2) is 9.78 Å². The normalized spacial score (nSPS) is 11.2. The van der Waals surface area contributed by atoms with Gasteiger partial charge in [0, 0.05) is 0 Å². The van der Waals surface area contributed by atoms with Crippen LogP contribution in [0.5, 0.6) is 0 Å². The second kappa shape index (κ2) is 5.43. The molecule has 0 amide bonds. The highest BCUT2D eigenvalue weighted by Gasteiger charge is 2.33. The number of alkyl halides is 3. The van der Waals surface area contributed by atoms with Crippen molar-refractivity contribution in [1.82, 2.24) is 4.98 Å². The van der Waals surface area contributed by atoms with Crippen molar-refractivity contribution < 1.29 is 23.1 Å². The number of benzene rings is 1. The molecule has 1 aromatic carbocycles. The van der Waals surface area contributed by atoms with Crippen LogP contribution in [-0.4, -0.2) is 16.1 Å². The highest BCUT2D eigenvalue weighted by Crippen LogP contribution is 2.35. The summed E-state index contributed by atoms with van der Waals surface area (Å²) in [5, 5.41) is 11.4. The van der Waals surface area contributed by atoms with E-state index in [0.29, 0.717) is 0 Å². The van der Waals surface area contributed by atoms with Crippen molar-refractivity contribution in [1.29, 1.82) is 0 Å². The van der Waals surface area contributed by atoms with Crippen LogP contribution in [0.15, 0.2) is 36.4 Å². The summed E-state index contributed by atoms with van der Waals surface area (Å²) in [6.07, 6.45) is -4.49. The van der Waals surface area contributed by atoms with Crippen LogP contribution < -0.4 is 5.32 Å². The van der Waals surface area contributed by atoms with Crippen LogP contribution in [-0.2, 0) is 6.18 Å². The average Bonchev–Trinajstić information content (AvgIpc) is 2.37. The van der Waals surface area contributed by atoms with E-state index < -0.39 is 17.7 Å². The van der Waals surface area contributed by atoms with E-state index >= 15 is 0 Å². The van der Waals surface area contributed by atoms with Crippen LogP contribution >= 0.6 is 0 Å². The molecule has 2 rings (SSSR count). The molecule has 0 unspecified atom stereocenters. The largest absolute Gasteiger partial charge is 0.478 e. The molecule has 0 fully saturated rings. The smallest absolute Gasteiger partial charge is 0.418 e. The molecule has 2 aromatic rings. The summed E-state index contributed by atoms with van der Waals surface area (Å²) >= 11 is 0. The molecule has 0 saturated heterocycles. The number of carbonyl (C=O) groups is 1. The Balaban J connectivity index is 2.35. The van der Waals surface area contributed by atoms with Gasteiger partial charge < -0.3 is 10.4 Å². The van der Waals surface area contributed by atoms with Crippen LogP contribution in [0.3, 0.4) is 0 Å². The van der Waals surface area contributed by atoms with Crippen molar-refractivity contribution in [3.8, 4) is 0 Å². The first-order valence-corrected chi connectivity index (χ1v) is 5.93. The van der Waals surface area contributed by atoms with Crippen molar-refractivity contribution in [3.63, 3.8) is 0 Å². The molecule has 1 aromatic heterocycles. The van der Waals surface area contributed by atoms with Gasteiger partial charge in [-0.05, 0) is 31.2 Å². The van der Waals surface area contributed by atoms with E-state index in [1.54, 1.807) is 0 Å². The van der Waals surface area contributed by atoms with Crippen molar-refractivity contribution in [2.45, 2.75) is 13.1 Å². The van der Waals surface area contributed by atoms with Gasteiger partial charge in [-0.3, -0.25) is 0 Å². The predicted molar refractivity (Wildman–Crippen MR) is 70.7 cm³/mol. The Kier molecular flexibility index (Phi) is 3.84. The Morgan fingerprint density at radius 1 is 1.19 bits per heavy atom. The average molecular weight is 296 g/mol. The number of pyridine rings is 1. The van der Waals surface area contributed by atoms with Gasteiger partial charge in [-0.1, -0.05) is 12.1 Å². The molecule has 110 valence electrons. The molecule has 0 bridgehead atoms. The number of hydrogen-bond donors (Lipinski definition) is 2. The van der Waals surface area contributed by atoms with Crippen LogP contribution in [0.2, 0.25) is 0 Å². The lowest BCUT2D eigenvalue weighted by molar-refractivity contribution is -0.136. The fourth-order valence-electron chi connectivity index (χ4n) is 1.83. The van der Waals surface area contributed by atoms with Crippen molar-refractivity contribution >= 4 is 17.5 Å². The molecule has 0 atom stereocenters. The number of nitrogens with zero attached hydrogens (tertiary/aromatic N) is 1. The third kappa shape index (κ3) is 3.31. The fraction of sp³-hybridized carbons (Fsp3) is 0.143. The van der Waals surface area contributed by atoms with Crippen LogP contribution in [0.25, 0.3) is 0 Å². The molecule has 0 aliphatic carbocycles. The van der Waals surface area contributed by atoms with E-state index in [1.807, 2.05) is 0 Å². The zero-order valence-electron chi connectivity index (χ0n) is 10.9. The van der Waals surface area contributed by atoms with Gasteiger partial charge in [0.2, 0.25) is 0 Å². The van der Waals surface area contributed by atoms with Gasteiger partial charge in [0.25, 0.3) is 0 Å². The molecule has 2 N–H and O–H groups in total. The first kappa shape index (κ1) is 14.8. The highest BCUT2D eigenvalue weighted by atomic mass is 19.4. The topological polar surface area (TPSA) is 62.2 Å². The maximum absolute atomic E-state index is 12.9. The van der Waals surface area contributed by atoms with E-state index in [4.69, 9.17) is 5.11 Å². The van der Waals surface area contributed by atoms with E-state index in [0.717, 1.165) is 6.07 Å². The maximum atomic E-state index is 12.9. The Labute approximate surface area is 118 Å². The Morgan fingerprint density at radius 2 is 1.86 bits per heavy atom. The van der Waals surface area contributed by atoms with Crippen molar-refractivity contribution in [2.24, 2.45) is 0 Å². The maximum Gasteiger partial charge on any atom is 0.418 e. The number of aromatic nitrogens is 1. The van der Waals surface area contributed by atoms with Gasteiger partial charge in [-0.2, -0.15) is 13.2 Å². The molecule has 1 heterocycles. The number of aryl methyl sites for hydroxylation is 1. The molecule has 0 saturated carbocycles. The standard InChI is InChI=1S/C14H11F3N2O2/c1-8-9(13(20)21)6-7-12(18-8)19-11-5-3-2-4-10(11)14(15,16)17/h2-7H,1H3,(H,18,19)(H,20,21).